The number of aromatic hydroxyl groups is 3. The standard InChI is InChI=1S/C23H20Cl2O6/c1-29-19-12-16(13-3-6-15(26)7-4-13)23(30-2)22(28)21(19)14-5-8-18(17(27)11-14)31-10-9-20(24)25/h3-9,11-12,26-28H,10H2,1-2H3. The molecule has 0 aliphatic heterocycles. The van der Waals surface area contributed by atoms with Crippen LogP contribution in [0.25, 0.3) is 22.3 Å². The first kappa shape index (κ1) is 22.5. The lowest BCUT2D eigenvalue weighted by atomic mass is 9.96. The van der Waals surface area contributed by atoms with Crippen molar-refractivity contribution in [2.75, 3.05) is 20.8 Å². The molecule has 162 valence electrons. The molecule has 0 atom stereocenters. The minimum atomic E-state index is -0.158. The summed E-state index contributed by atoms with van der Waals surface area (Å²) >= 11 is 11.1. The molecule has 0 amide bonds. The molecule has 3 N–H and O–H groups in total. The van der Waals surface area contributed by atoms with Crippen molar-refractivity contribution in [3.8, 4) is 56.8 Å². The van der Waals surface area contributed by atoms with Gasteiger partial charge in [-0.05, 0) is 47.5 Å². The van der Waals surface area contributed by atoms with E-state index in [-0.39, 0.29) is 39.8 Å². The largest absolute Gasteiger partial charge is 0.508 e. The van der Waals surface area contributed by atoms with Gasteiger partial charge in [0.05, 0.1) is 19.8 Å². The first-order valence-corrected chi connectivity index (χ1v) is 9.86. The van der Waals surface area contributed by atoms with Gasteiger partial charge in [-0.1, -0.05) is 41.4 Å². The van der Waals surface area contributed by atoms with E-state index in [1.807, 2.05) is 0 Å². The predicted molar refractivity (Wildman–Crippen MR) is 121 cm³/mol. The van der Waals surface area contributed by atoms with Gasteiger partial charge in [0.15, 0.2) is 23.0 Å². The van der Waals surface area contributed by atoms with Crippen molar-refractivity contribution in [2.45, 2.75) is 0 Å². The van der Waals surface area contributed by atoms with Crippen molar-refractivity contribution in [2.24, 2.45) is 0 Å². The molecule has 0 saturated heterocycles. The van der Waals surface area contributed by atoms with E-state index in [0.717, 1.165) is 0 Å². The van der Waals surface area contributed by atoms with Gasteiger partial charge < -0.3 is 29.5 Å². The van der Waals surface area contributed by atoms with Crippen molar-refractivity contribution in [3.05, 3.63) is 59.1 Å². The number of rotatable bonds is 7. The van der Waals surface area contributed by atoms with Crippen LogP contribution < -0.4 is 14.2 Å². The summed E-state index contributed by atoms with van der Waals surface area (Å²) in [5, 5.41) is 30.9. The van der Waals surface area contributed by atoms with Crippen molar-refractivity contribution in [1.29, 1.82) is 0 Å². The van der Waals surface area contributed by atoms with Gasteiger partial charge >= 0.3 is 0 Å². The summed E-state index contributed by atoms with van der Waals surface area (Å²) in [6.07, 6.45) is 1.44. The second-order valence-corrected chi connectivity index (χ2v) is 7.43. The summed E-state index contributed by atoms with van der Waals surface area (Å²) in [5.41, 5.74) is 2.12. The third kappa shape index (κ3) is 4.93. The first-order chi connectivity index (χ1) is 14.8. The molecule has 6 nitrogen and oxygen atoms in total. The Bertz CT molecular complexity index is 1110. The maximum absolute atomic E-state index is 11.0. The van der Waals surface area contributed by atoms with Crippen LogP contribution >= 0.6 is 23.2 Å². The van der Waals surface area contributed by atoms with Gasteiger partial charge in [-0.25, -0.2) is 0 Å². The Hall–Kier alpha value is -3.22. The average molecular weight is 463 g/mol. The molecule has 0 bridgehead atoms. The fraction of sp³-hybridized carbons (Fsp3) is 0.130. The van der Waals surface area contributed by atoms with Gasteiger partial charge in [0.2, 0.25) is 0 Å². The lowest BCUT2D eigenvalue weighted by molar-refractivity contribution is 0.336. The molecular formula is C23H20Cl2O6. The van der Waals surface area contributed by atoms with Crippen molar-refractivity contribution >= 4 is 23.2 Å². The Kier molecular flexibility index (Phi) is 7.05. The Morgan fingerprint density at radius 1 is 0.871 bits per heavy atom. The van der Waals surface area contributed by atoms with Crippen LogP contribution in [-0.2, 0) is 0 Å². The number of phenols is 3. The van der Waals surface area contributed by atoms with E-state index in [9.17, 15) is 15.3 Å². The molecule has 0 unspecified atom stereocenters. The zero-order valence-corrected chi connectivity index (χ0v) is 18.2. The highest BCUT2D eigenvalue weighted by Gasteiger charge is 2.22. The number of benzene rings is 3. The highest BCUT2D eigenvalue weighted by Crippen LogP contribution is 2.50. The van der Waals surface area contributed by atoms with Gasteiger partial charge in [0.1, 0.15) is 22.6 Å². The zero-order valence-electron chi connectivity index (χ0n) is 16.7. The molecular weight excluding hydrogens is 443 g/mol. The Morgan fingerprint density at radius 3 is 2.13 bits per heavy atom. The quantitative estimate of drug-likeness (QED) is 0.407. The lowest BCUT2D eigenvalue weighted by Crippen LogP contribution is -1.97. The summed E-state index contributed by atoms with van der Waals surface area (Å²) in [5.74, 6) is 0.641. The van der Waals surface area contributed by atoms with Crippen molar-refractivity contribution < 1.29 is 29.5 Å². The van der Waals surface area contributed by atoms with Crippen LogP contribution in [0, 0.1) is 0 Å². The molecule has 0 aliphatic rings. The lowest BCUT2D eigenvalue weighted by Gasteiger charge is -2.18. The number of methoxy groups -OCH3 is 2. The number of ether oxygens (including phenoxy) is 3. The first-order valence-electron chi connectivity index (χ1n) is 9.10. The highest BCUT2D eigenvalue weighted by atomic mass is 35.5. The minimum absolute atomic E-state index is 0.0616. The Labute approximate surface area is 189 Å². The summed E-state index contributed by atoms with van der Waals surface area (Å²) in [6.45, 7) is 0.0823. The number of phenolic OH excluding ortho intramolecular Hbond substituents is 3. The third-order valence-corrected chi connectivity index (χ3v) is 4.85. The molecule has 31 heavy (non-hydrogen) atoms. The Morgan fingerprint density at radius 2 is 1.55 bits per heavy atom. The fourth-order valence-electron chi connectivity index (χ4n) is 3.12. The van der Waals surface area contributed by atoms with Crippen LogP contribution in [0.5, 0.6) is 34.5 Å². The van der Waals surface area contributed by atoms with Crippen LogP contribution in [-0.4, -0.2) is 36.1 Å². The molecule has 3 aromatic carbocycles. The topological polar surface area (TPSA) is 88.4 Å². The van der Waals surface area contributed by atoms with Crippen LogP contribution in [0.15, 0.2) is 59.1 Å². The van der Waals surface area contributed by atoms with E-state index >= 15 is 0 Å². The van der Waals surface area contributed by atoms with Crippen LogP contribution in [0.2, 0.25) is 0 Å². The summed E-state index contributed by atoms with van der Waals surface area (Å²) < 4.78 is 16.5. The van der Waals surface area contributed by atoms with E-state index in [2.05, 4.69) is 0 Å². The molecule has 0 spiro atoms. The smallest absolute Gasteiger partial charge is 0.170 e. The van der Waals surface area contributed by atoms with Crippen molar-refractivity contribution in [1.82, 2.24) is 0 Å². The SMILES string of the molecule is COc1cc(-c2ccc(O)cc2)c(OC)c(O)c1-c1ccc(OCC=C(Cl)Cl)c(O)c1. The molecule has 8 heteroatoms. The minimum Gasteiger partial charge on any atom is -0.508 e. The highest BCUT2D eigenvalue weighted by molar-refractivity contribution is 6.55. The summed E-state index contributed by atoms with van der Waals surface area (Å²) in [4.78, 5) is 0. The second-order valence-electron chi connectivity index (χ2n) is 6.42. The molecule has 0 fully saturated rings. The van der Waals surface area contributed by atoms with Gasteiger partial charge in [0.25, 0.3) is 0 Å². The predicted octanol–water partition coefficient (Wildman–Crippen LogP) is 5.85. The average Bonchev–Trinajstić information content (AvgIpc) is 2.74. The van der Waals surface area contributed by atoms with E-state index in [1.165, 1.54) is 38.5 Å². The van der Waals surface area contributed by atoms with Gasteiger partial charge in [-0.2, -0.15) is 0 Å². The molecule has 0 aliphatic carbocycles. The normalized spacial score (nSPS) is 10.5. The monoisotopic (exact) mass is 462 g/mol. The van der Waals surface area contributed by atoms with E-state index in [1.54, 1.807) is 30.3 Å². The molecule has 0 heterocycles. The van der Waals surface area contributed by atoms with Crippen LogP contribution in [0.3, 0.4) is 0 Å². The zero-order chi connectivity index (χ0) is 22.5. The van der Waals surface area contributed by atoms with E-state index < -0.39 is 0 Å². The van der Waals surface area contributed by atoms with Gasteiger partial charge in [0, 0.05) is 5.56 Å². The van der Waals surface area contributed by atoms with Crippen LogP contribution in [0.4, 0.5) is 0 Å². The maximum Gasteiger partial charge on any atom is 0.170 e. The molecule has 3 rings (SSSR count). The van der Waals surface area contributed by atoms with Crippen LogP contribution in [0.1, 0.15) is 0 Å². The number of halogens is 2. The van der Waals surface area contributed by atoms with Gasteiger partial charge in [-0.3, -0.25) is 0 Å². The number of hydrogen-bond donors (Lipinski definition) is 3. The molecule has 0 radical (unpaired) electrons. The molecule has 3 aromatic rings. The molecule has 0 saturated carbocycles. The summed E-state index contributed by atoms with van der Waals surface area (Å²) in [7, 11) is 2.92. The second kappa shape index (κ2) is 9.73. The Balaban J connectivity index is 2.08. The van der Waals surface area contributed by atoms with E-state index in [4.69, 9.17) is 37.4 Å². The van der Waals surface area contributed by atoms with E-state index in [0.29, 0.717) is 28.0 Å². The van der Waals surface area contributed by atoms with Crippen molar-refractivity contribution in [3.63, 3.8) is 0 Å². The number of hydrogen-bond acceptors (Lipinski definition) is 6. The third-order valence-electron chi connectivity index (χ3n) is 4.54. The molecule has 0 aromatic heterocycles. The maximum atomic E-state index is 11.0. The summed E-state index contributed by atoms with van der Waals surface area (Å²) in [6, 6.07) is 12.9. The van der Waals surface area contributed by atoms with Gasteiger partial charge in [-0.15, -0.1) is 0 Å². The fourth-order valence-corrected chi connectivity index (χ4v) is 3.24.